The van der Waals surface area contributed by atoms with E-state index in [-0.39, 0.29) is 41.8 Å². The zero-order valence-electron chi connectivity index (χ0n) is 33.5. The number of nitrogens with zero attached hydrogens (tertiary/aromatic N) is 7. The topological polar surface area (TPSA) is 158 Å². The highest BCUT2D eigenvalue weighted by Gasteiger charge is 2.45. The van der Waals surface area contributed by atoms with Crippen LogP contribution in [0.3, 0.4) is 0 Å². The zero-order chi connectivity index (χ0) is 40.7. The summed E-state index contributed by atoms with van der Waals surface area (Å²) in [6.45, 7) is 10.5. The van der Waals surface area contributed by atoms with Crippen LogP contribution in [0.15, 0.2) is 42.5 Å². The fourth-order valence-electron chi connectivity index (χ4n) is 10.8. The van der Waals surface area contributed by atoms with Crippen molar-refractivity contribution in [2.45, 2.75) is 88.9 Å². The van der Waals surface area contributed by atoms with Crippen molar-refractivity contribution in [1.29, 1.82) is 0 Å². The Hall–Kier alpha value is -5.57. The number of imide groups is 1. The molecule has 2 unspecified atom stereocenters. The molecule has 308 valence electrons. The van der Waals surface area contributed by atoms with Crippen LogP contribution in [0.1, 0.15) is 85.5 Å². The summed E-state index contributed by atoms with van der Waals surface area (Å²) in [7, 11) is 0. The summed E-state index contributed by atoms with van der Waals surface area (Å²) in [6.07, 6.45) is 5.25. The molecule has 1 aliphatic carbocycles. The molecule has 4 saturated heterocycles. The molecule has 3 N–H and O–H groups in total. The van der Waals surface area contributed by atoms with Crippen LogP contribution in [-0.2, 0) is 22.6 Å². The number of benzene rings is 2. The van der Waals surface area contributed by atoms with Crippen LogP contribution < -0.4 is 10.2 Å². The van der Waals surface area contributed by atoms with Crippen molar-refractivity contribution in [2.24, 2.45) is 5.92 Å². The third kappa shape index (κ3) is 6.57. The predicted molar refractivity (Wildman–Crippen MR) is 217 cm³/mol. The summed E-state index contributed by atoms with van der Waals surface area (Å²) in [5, 5.41) is 22.4. The van der Waals surface area contributed by atoms with Gasteiger partial charge in [-0.05, 0) is 99.7 Å². The fourth-order valence-corrected chi connectivity index (χ4v) is 10.8. The smallest absolute Gasteiger partial charge is 0.320 e. The van der Waals surface area contributed by atoms with Gasteiger partial charge in [0.2, 0.25) is 11.8 Å². The average molecular weight is 804 g/mol. The van der Waals surface area contributed by atoms with Crippen LogP contribution in [0.25, 0.3) is 22.3 Å². The number of phenols is 1. The maximum Gasteiger partial charge on any atom is 0.320 e. The molecule has 0 radical (unpaired) electrons. The average Bonchev–Trinajstić information content (AvgIpc) is 3.63. The van der Waals surface area contributed by atoms with E-state index in [0.29, 0.717) is 60.9 Å². The van der Waals surface area contributed by atoms with Gasteiger partial charge >= 0.3 is 6.03 Å². The molecule has 8 heterocycles. The van der Waals surface area contributed by atoms with Gasteiger partial charge in [-0.3, -0.25) is 24.6 Å². The first kappa shape index (κ1) is 37.7. The van der Waals surface area contributed by atoms with Crippen molar-refractivity contribution in [3.05, 3.63) is 70.7 Å². The van der Waals surface area contributed by atoms with Crippen LogP contribution in [0.4, 0.5) is 14.9 Å². The highest BCUT2D eigenvalue weighted by atomic mass is 19.1. The number of anilines is 1. The van der Waals surface area contributed by atoms with E-state index in [4.69, 9.17) is 0 Å². The molecule has 4 aromatic rings. The van der Waals surface area contributed by atoms with Crippen LogP contribution in [0, 0.1) is 11.7 Å². The number of aromatic nitrogens is 3. The Morgan fingerprint density at radius 3 is 2.59 bits per heavy atom. The molecule has 59 heavy (non-hydrogen) atoms. The van der Waals surface area contributed by atoms with Crippen molar-refractivity contribution in [3.8, 4) is 17.0 Å². The molecule has 2 aromatic carbocycles. The first-order chi connectivity index (χ1) is 28.4. The minimum atomic E-state index is -0.703. The van der Waals surface area contributed by atoms with Gasteiger partial charge in [0.15, 0.2) is 17.2 Å². The van der Waals surface area contributed by atoms with Crippen molar-refractivity contribution in [2.75, 3.05) is 50.7 Å². The molecule has 0 spiro atoms. The molecule has 2 aromatic heterocycles. The van der Waals surface area contributed by atoms with Gasteiger partial charge < -0.3 is 29.7 Å². The number of phenolic OH excluding ortho intramolecular Hbond substituents is 1. The van der Waals surface area contributed by atoms with Crippen LogP contribution in [0.5, 0.6) is 5.75 Å². The molecular formula is C44H50FN9O5. The fraction of sp³-hybridized carbons (Fsp3) is 0.500. The summed E-state index contributed by atoms with van der Waals surface area (Å²) in [5.74, 6) is -1.29. The SMILES string of the molecule is CC1(C)CN(CC2CCN(c3ccc4c(c3)C(=O)N([C@H]3CCC(=O)NC3=O)C4)CC2)CCN1C(=O)N1CC2CCC1Cc1c2[nH]c2nnc(-c3cccc(F)c3O)cc12. The van der Waals surface area contributed by atoms with Gasteiger partial charge in [0.05, 0.1) is 11.2 Å². The standard InChI is InChI=1S/C44H50FN9O5/c1-44(2)24-50(21-25-12-14-51(15-13-25)28-8-6-26-22-53(42(58)31(26)18-28)36-10-11-37(55)46-41(36)57)16-17-54(44)43(59)52-23-27-7-9-29(52)19-32-33-20-35(48-49-40(33)47-38(27)32)30-4-3-5-34(45)39(30)56/h3-6,8,18,20,25,27,29,36,56H,7,9-17,19,21-24H2,1-2H3,(H,47,49)(H,46,55,57)/t27?,29?,36-/m0/s1. The zero-order valence-corrected chi connectivity index (χ0v) is 33.5. The summed E-state index contributed by atoms with van der Waals surface area (Å²) >= 11 is 0. The maximum atomic E-state index is 14.5. The Morgan fingerprint density at radius 2 is 1.80 bits per heavy atom. The first-order valence-corrected chi connectivity index (χ1v) is 21.1. The number of fused-ring (bicyclic) bond motifs is 4. The molecule has 7 aliphatic rings. The second-order valence-corrected chi connectivity index (χ2v) is 18.1. The van der Waals surface area contributed by atoms with Crippen molar-refractivity contribution >= 4 is 40.5 Å². The highest BCUT2D eigenvalue weighted by Crippen LogP contribution is 2.43. The lowest BCUT2D eigenvalue weighted by atomic mass is 9.92. The number of hydrogen-bond acceptors (Lipinski definition) is 9. The van der Waals surface area contributed by atoms with Crippen LogP contribution in [-0.4, -0.2) is 127 Å². The number of H-pyrrole nitrogens is 1. The number of carbonyl (C=O) groups excluding carboxylic acids is 4. The molecule has 3 atom stereocenters. The molecule has 14 nitrogen and oxygen atoms in total. The van der Waals surface area contributed by atoms with Crippen molar-refractivity contribution < 1.29 is 28.7 Å². The number of para-hydroxylation sites is 1. The normalized spacial score (nSPS) is 24.7. The third-order valence-corrected chi connectivity index (χ3v) is 14.0. The number of aromatic hydroxyl groups is 1. The first-order valence-electron chi connectivity index (χ1n) is 21.1. The number of urea groups is 1. The lowest BCUT2D eigenvalue weighted by Gasteiger charge is -2.51. The lowest BCUT2D eigenvalue weighted by molar-refractivity contribution is -0.136. The van der Waals surface area contributed by atoms with Crippen molar-refractivity contribution in [1.82, 2.24) is 40.1 Å². The Labute approximate surface area is 341 Å². The van der Waals surface area contributed by atoms with E-state index in [9.17, 15) is 28.7 Å². The Morgan fingerprint density at radius 1 is 0.966 bits per heavy atom. The molecule has 15 heteroatoms. The van der Waals surface area contributed by atoms with Gasteiger partial charge in [-0.2, -0.15) is 0 Å². The van der Waals surface area contributed by atoms with E-state index in [1.165, 1.54) is 6.07 Å². The third-order valence-electron chi connectivity index (χ3n) is 14.0. The van der Waals surface area contributed by atoms with Gasteiger partial charge in [0.1, 0.15) is 6.04 Å². The number of piperidine rings is 3. The minimum absolute atomic E-state index is 0.0465. The van der Waals surface area contributed by atoms with Crippen molar-refractivity contribution in [3.63, 3.8) is 0 Å². The van der Waals surface area contributed by atoms with Gasteiger partial charge in [-0.1, -0.05) is 12.1 Å². The van der Waals surface area contributed by atoms with Gasteiger partial charge in [0.25, 0.3) is 5.91 Å². The van der Waals surface area contributed by atoms with E-state index < -0.39 is 23.5 Å². The second-order valence-electron chi connectivity index (χ2n) is 18.1. The second kappa shape index (κ2) is 14.3. The molecule has 2 bridgehead atoms. The quantitative estimate of drug-likeness (QED) is 0.242. The molecule has 11 rings (SSSR count). The van der Waals surface area contributed by atoms with E-state index in [1.807, 2.05) is 18.2 Å². The number of piperazine rings is 1. The van der Waals surface area contributed by atoms with Gasteiger partial charge in [-0.25, -0.2) is 9.18 Å². The Balaban J connectivity index is 0.755. The number of rotatable bonds is 5. The monoisotopic (exact) mass is 803 g/mol. The highest BCUT2D eigenvalue weighted by molar-refractivity contribution is 6.05. The lowest BCUT2D eigenvalue weighted by Crippen LogP contribution is -2.65. The van der Waals surface area contributed by atoms with E-state index in [1.54, 1.807) is 17.0 Å². The Bertz CT molecular complexity index is 2390. The summed E-state index contributed by atoms with van der Waals surface area (Å²) in [5.41, 5.74) is 5.85. The summed E-state index contributed by atoms with van der Waals surface area (Å²) < 4.78 is 14.2. The number of carbonyl (C=O) groups is 4. The van der Waals surface area contributed by atoms with Crippen LogP contribution in [0.2, 0.25) is 0 Å². The number of amides is 5. The molecule has 0 saturated carbocycles. The maximum absolute atomic E-state index is 14.5. The predicted octanol–water partition coefficient (Wildman–Crippen LogP) is 4.77. The minimum Gasteiger partial charge on any atom is -0.504 e. The molecule has 4 fully saturated rings. The molecule has 5 amide bonds. The Kier molecular flexibility index (Phi) is 9.14. The van der Waals surface area contributed by atoms with Gasteiger partial charge in [-0.15, -0.1) is 10.2 Å². The largest absolute Gasteiger partial charge is 0.504 e. The number of nitrogens with one attached hydrogen (secondary N) is 2. The summed E-state index contributed by atoms with van der Waals surface area (Å²) in [4.78, 5) is 66.3. The van der Waals surface area contributed by atoms with Crippen LogP contribution >= 0.6 is 0 Å². The van der Waals surface area contributed by atoms with E-state index in [0.717, 1.165) is 86.3 Å². The number of halogens is 1. The molecule has 6 aliphatic heterocycles. The summed E-state index contributed by atoms with van der Waals surface area (Å²) in [6, 6.07) is 11.9. The number of aromatic amines is 1. The van der Waals surface area contributed by atoms with E-state index in [2.05, 4.69) is 60.0 Å². The van der Waals surface area contributed by atoms with Gasteiger partial charge in [0, 0.05) is 98.6 Å². The number of hydrogen-bond donors (Lipinski definition) is 3. The van der Waals surface area contributed by atoms with E-state index >= 15 is 0 Å². The molecular weight excluding hydrogens is 754 g/mol.